The molecule has 0 radical (unpaired) electrons. The molecular weight excluding hydrogens is 309 g/mol. The minimum atomic E-state index is -0.865. The van der Waals surface area contributed by atoms with Gasteiger partial charge in [0.25, 0.3) is 0 Å². The van der Waals surface area contributed by atoms with E-state index in [9.17, 15) is 9.90 Å². The zero-order valence-electron chi connectivity index (χ0n) is 13.8. The molecule has 122 valence electrons. The van der Waals surface area contributed by atoms with Crippen molar-refractivity contribution in [2.45, 2.75) is 63.5 Å². The Kier molecular flexibility index (Phi) is 11.2. The summed E-state index contributed by atoms with van der Waals surface area (Å²) in [4.78, 5) is 11.1. The van der Waals surface area contributed by atoms with Crippen molar-refractivity contribution in [2.24, 2.45) is 11.7 Å². The van der Waals surface area contributed by atoms with Crippen molar-refractivity contribution >= 4 is 5.97 Å². The average molecular weight is 338 g/mol. The molecule has 0 saturated heterocycles. The minimum absolute atomic E-state index is 0. The molecule has 1 aliphatic rings. The van der Waals surface area contributed by atoms with Gasteiger partial charge in [-0.15, -0.1) is 5.70 Å². The molecule has 1 rings (SSSR count). The first-order valence-corrected chi connectivity index (χ1v) is 7.66. The number of rotatable bonds is 8. The first-order valence-electron chi connectivity index (χ1n) is 7.66. The summed E-state index contributed by atoms with van der Waals surface area (Å²) in [6.07, 6.45) is 6.25. The maximum Gasteiger partial charge on any atom is 1.00 e. The molecule has 0 spiro atoms. The van der Waals surface area contributed by atoms with Gasteiger partial charge in [-0.05, 0) is 64.6 Å². The number of nitrogens with two attached hydrogens (primary N) is 1. The van der Waals surface area contributed by atoms with Crippen LogP contribution in [0.15, 0.2) is 11.9 Å². The van der Waals surface area contributed by atoms with Crippen LogP contribution in [0.25, 0.3) is 5.73 Å². The first-order chi connectivity index (χ1) is 9.84. The number of carboxylic acids is 1. The van der Waals surface area contributed by atoms with Gasteiger partial charge in [0.2, 0.25) is 0 Å². The van der Waals surface area contributed by atoms with Crippen LogP contribution in [-0.2, 0) is 4.79 Å². The van der Waals surface area contributed by atoms with Gasteiger partial charge >= 0.3 is 57.4 Å². The maximum absolute atomic E-state index is 11.1. The molecule has 0 bridgehead atoms. The first kappa shape index (κ1) is 22.4. The second-order valence-electron chi connectivity index (χ2n) is 6.28. The van der Waals surface area contributed by atoms with E-state index in [0.717, 1.165) is 25.7 Å². The molecule has 1 fully saturated rings. The van der Waals surface area contributed by atoms with E-state index in [1.807, 2.05) is 6.92 Å². The molecule has 6 N–H and O–H groups in total. The van der Waals surface area contributed by atoms with Gasteiger partial charge in [0.15, 0.2) is 0 Å². The van der Waals surface area contributed by atoms with Crippen LogP contribution in [0.4, 0.5) is 0 Å². The van der Waals surface area contributed by atoms with Crippen molar-refractivity contribution < 1.29 is 66.4 Å². The molecule has 1 atom stereocenters. The largest absolute Gasteiger partial charge is 1.00 e. The zero-order chi connectivity index (χ0) is 15.9. The standard InChI is InChI=1S/C15H28N3O3.K/c1-15(21)6-4-13(5-7-15)18-10-12(17)9-11(14(19)20)3-2-8-16;/h10-11,13,17-18,21H,2-9,16H2,1H3,(H,19,20);/q-1;+1/b12-10-;. The van der Waals surface area contributed by atoms with E-state index < -0.39 is 17.5 Å². The van der Waals surface area contributed by atoms with E-state index in [1.165, 1.54) is 0 Å². The van der Waals surface area contributed by atoms with E-state index in [4.69, 9.17) is 16.6 Å². The van der Waals surface area contributed by atoms with Crippen molar-refractivity contribution in [3.63, 3.8) is 0 Å². The van der Waals surface area contributed by atoms with E-state index in [-0.39, 0.29) is 63.8 Å². The number of allylic oxidation sites excluding steroid dienone is 1. The van der Waals surface area contributed by atoms with Gasteiger partial charge in [0.05, 0.1) is 11.5 Å². The third kappa shape index (κ3) is 8.86. The van der Waals surface area contributed by atoms with Gasteiger partial charge < -0.3 is 27.0 Å². The Labute approximate surface area is 175 Å². The Morgan fingerprint density at radius 1 is 1.50 bits per heavy atom. The Morgan fingerprint density at radius 3 is 2.59 bits per heavy atom. The maximum atomic E-state index is 11.1. The Balaban J connectivity index is 0.00000441. The normalized spacial score (nSPS) is 26.9. The number of aliphatic carboxylic acids is 1. The molecule has 1 saturated carbocycles. The Morgan fingerprint density at radius 2 is 2.09 bits per heavy atom. The summed E-state index contributed by atoms with van der Waals surface area (Å²) in [5.41, 5.74) is 13.0. The molecule has 0 aromatic heterocycles. The van der Waals surface area contributed by atoms with E-state index in [1.54, 1.807) is 6.20 Å². The molecule has 7 heteroatoms. The minimum Gasteiger partial charge on any atom is -0.701 e. The fourth-order valence-electron chi connectivity index (χ4n) is 2.63. The number of nitrogens with one attached hydrogen (secondary N) is 2. The third-order valence-electron chi connectivity index (χ3n) is 4.13. The van der Waals surface area contributed by atoms with E-state index in [0.29, 0.717) is 25.1 Å². The van der Waals surface area contributed by atoms with Crippen LogP contribution in [0.2, 0.25) is 0 Å². The number of carboxylic acid groups (broad SMARTS) is 1. The van der Waals surface area contributed by atoms with Crippen molar-refractivity contribution in [1.82, 2.24) is 5.32 Å². The van der Waals surface area contributed by atoms with Gasteiger partial charge in [0, 0.05) is 6.04 Å². The number of hydrogen-bond acceptors (Lipinski definition) is 4. The predicted octanol–water partition coefficient (Wildman–Crippen LogP) is -1.00. The molecule has 0 heterocycles. The van der Waals surface area contributed by atoms with Crippen LogP contribution in [0.1, 0.15) is 51.9 Å². The smallest absolute Gasteiger partial charge is 0.701 e. The second-order valence-corrected chi connectivity index (χ2v) is 6.28. The molecule has 1 aliphatic carbocycles. The summed E-state index contributed by atoms with van der Waals surface area (Å²) >= 11 is 0. The average Bonchev–Trinajstić information content (AvgIpc) is 2.42. The predicted molar refractivity (Wildman–Crippen MR) is 82.5 cm³/mol. The number of hydrogen-bond donors (Lipinski definition) is 4. The molecule has 0 aromatic carbocycles. The second kappa shape index (κ2) is 11.0. The van der Waals surface area contributed by atoms with E-state index in [2.05, 4.69) is 5.32 Å². The van der Waals surface area contributed by atoms with E-state index >= 15 is 0 Å². The third-order valence-corrected chi connectivity index (χ3v) is 4.13. The monoisotopic (exact) mass is 337 g/mol. The van der Waals surface area contributed by atoms with Crippen LogP contribution in [-0.4, -0.2) is 34.4 Å². The summed E-state index contributed by atoms with van der Waals surface area (Å²) in [6, 6.07) is 0.262. The van der Waals surface area contributed by atoms with Crippen molar-refractivity contribution in [2.75, 3.05) is 6.54 Å². The molecule has 0 aromatic rings. The van der Waals surface area contributed by atoms with Gasteiger partial charge in [-0.2, -0.15) is 0 Å². The summed E-state index contributed by atoms with van der Waals surface area (Å²) in [6.45, 7) is 2.32. The van der Waals surface area contributed by atoms with Crippen molar-refractivity contribution in [3.05, 3.63) is 17.6 Å². The fourth-order valence-corrected chi connectivity index (χ4v) is 2.63. The Hall–Kier alpha value is 0.366. The van der Waals surface area contributed by atoms with Gasteiger partial charge in [-0.3, -0.25) is 4.79 Å². The topological polar surface area (TPSA) is 119 Å². The van der Waals surface area contributed by atoms with Gasteiger partial charge in [-0.25, -0.2) is 0 Å². The summed E-state index contributed by atoms with van der Waals surface area (Å²) in [7, 11) is 0. The van der Waals surface area contributed by atoms with Crippen LogP contribution < -0.4 is 62.4 Å². The molecule has 0 aliphatic heterocycles. The SMILES string of the molecule is CC1(O)CCC(N/C=C(\[NH-])CC(CCCN)C(=O)O)CC1.[K+]. The van der Waals surface area contributed by atoms with Crippen LogP contribution >= 0.6 is 0 Å². The van der Waals surface area contributed by atoms with Gasteiger partial charge in [-0.1, -0.05) is 0 Å². The van der Waals surface area contributed by atoms with Gasteiger partial charge in [0.1, 0.15) is 0 Å². The number of aliphatic hydroxyl groups is 1. The molecule has 22 heavy (non-hydrogen) atoms. The Bertz CT molecular complexity index is 365. The fraction of sp³-hybridized carbons (Fsp3) is 0.800. The summed E-state index contributed by atoms with van der Waals surface area (Å²) in [5, 5.41) is 22.2. The molecule has 6 nitrogen and oxygen atoms in total. The van der Waals surface area contributed by atoms with Crippen molar-refractivity contribution in [3.8, 4) is 0 Å². The van der Waals surface area contributed by atoms with Crippen LogP contribution in [0.3, 0.4) is 0 Å². The molecule has 0 amide bonds. The molecular formula is C15H28KN3O3. The molecule has 1 unspecified atom stereocenters. The summed E-state index contributed by atoms with van der Waals surface area (Å²) in [5.74, 6) is -1.40. The zero-order valence-corrected chi connectivity index (χ0v) is 16.9. The van der Waals surface area contributed by atoms with Crippen LogP contribution in [0.5, 0.6) is 0 Å². The number of carbonyl (C=O) groups is 1. The van der Waals surface area contributed by atoms with Crippen molar-refractivity contribution in [1.29, 1.82) is 0 Å². The quantitative estimate of drug-likeness (QED) is 0.423. The summed E-state index contributed by atoms with van der Waals surface area (Å²) < 4.78 is 0. The van der Waals surface area contributed by atoms with Crippen LogP contribution in [0, 0.1) is 5.92 Å².